The molecule has 16 N–H and O–H groups in total. The van der Waals surface area contributed by atoms with E-state index >= 15 is 9.59 Å². The van der Waals surface area contributed by atoms with E-state index in [0.29, 0.717) is 36.1 Å². The van der Waals surface area contributed by atoms with Crippen LogP contribution in [0.15, 0.2) is 60.3 Å². The van der Waals surface area contributed by atoms with Crippen LogP contribution in [0, 0.1) is 11.8 Å². The number of benzene rings is 2. The first-order valence-electron chi connectivity index (χ1n) is 37.1. The minimum atomic E-state index is -2.52. The lowest BCUT2D eigenvalue weighted by atomic mass is 9.93. The first-order valence-corrected chi connectivity index (χ1v) is 37.1. The number of phenols is 1. The maximum Gasteiger partial charge on any atom is 0.329 e. The number of rotatable bonds is 23. The molecule has 0 spiro atoms. The molecule has 2 aromatic rings. The van der Waals surface area contributed by atoms with Gasteiger partial charge < -0.3 is 108 Å². The number of carbonyl (C=O) groups excluding carboxylic acids is 14. The van der Waals surface area contributed by atoms with Crippen molar-refractivity contribution >= 4 is 82.8 Å². The number of nitrogens with two attached hydrogens (primary N) is 1. The van der Waals surface area contributed by atoms with Crippen molar-refractivity contribution in [1.29, 1.82) is 0 Å². The summed E-state index contributed by atoms with van der Waals surface area (Å²) in [5.74, 6) is -14.2. The van der Waals surface area contributed by atoms with E-state index in [1.54, 1.807) is 52.0 Å². The van der Waals surface area contributed by atoms with Crippen LogP contribution >= 0.6 is 0 Å². The summed E-state index contributed by atoms with van der Waals surface area (Å²) in [6, 6.07) is -3.38. The second kappa shape index (κ2) is 41.6. The number of nitrogens with one attached hydrogen (secondary N) is 8. The molecular formula is C74H109N13O22. The maximum atomic E-state index is 15.3. The van der Waals surface area contributed by atoms with Crippen molar-refractivity contribution in [3.05, 3.63) is 71.4 Å². The molecule has 0 bridgehead atoms. The number of carbonyl (C=O) groups is 14. The minimum Gasteiger partial charge on any atom is -0.508 e. The maximum absolute atomic E-state index is 15.3. The lowest BCUT2D eigenvalue weighted by molar-refractivity contribution is -0.162. The minimum absolute atomic E-state index is 0.00637. The standard InChI is InChI=1S/C74H109N13O22/c1-10-40(5)61-69(102)81-52(38-88)66(99)77-48(11-2)65(98)83-62(41(6)89)70(103)79-50(27-22-43-20-25-46(108-9)26-21-43)72(105)86-31-12-15-53(86)67(100)80-51(35-47(36-58(93)57(92)33-39(3)4)109-74(107)56(84(8)42(7)90)34-44-18-23-45(91)24-19-44)63(96)71(104)78-49(28-29-59(75)94)64(97)76-37-60(95)85-30-14-17-55(85)73(106)87-32-13-16-54(87)68(101)82-61/h11,18-21,23-26,39-41,47,49-58,61-63,88-89,91-93,96H,10,12-17,22,27-38H2,1-9H3,(H2,75,94)(H,76,97)(H,77,99)(H,78,104)(H,79,103)(H,80,100)(H,81,102)(H,82,101)(H,83,98). The highest BCUT2D eigenvalue weighted by Gasteiger charge is 2.46. The Labute approximate surface area is 632 Å². The lowest BCUT2D eigenvalue weighted by Gasteiger charge is -2.34. The summed E-state index contributed by atoms with van der Waals surface area (Å²) in [5.41, 5.74) is 6.07. The number of phenolic OH excluding ortho intramolecular Hbond substituents is 1. The zero-order chi connectivity index (χ0) is 80.7. The van der Waals surface area contributed by atoms with Crippen LogP contribution in [-0.4, -0.2) is 271 Å². The smallest absolute Gasteiger partial charge is 0.329 e. The molecule has 109 heavy (non-hydrogen) atoms. The number of primary amides is 1. The van der Waals surface area contributed by atoms with Crippen molar-refractivity contribution in [1.82, 2.24) is 62.1 Å². The Balaban J connectivity index is 1.46. The van der Waals surface area contributed by atoms with Crippen molar-refractivity contribution in [2.75, 3.05) is 46.9 Å². The van der Waals surface area contributed by atoms with Crippen LogP contribution in [0.1, 0.15) is 143 Å². The SMILES string of the molecule is CC=C1NC(=O)C(CO)NC(=O)C(C(C)CC)NC(=O)C2CCCN2C(=O)C2CCCN2C(=O)CNC(=O)C(CCC(N)=O)NC(=O)C(O)C(CC(CC(O)C(O)CC(C)C)OC(=O)C(Cc2ccc(O)cc2)N(C)C(C)=O)NC(=O)C2CCCN2C(=O)C(CCc2ccc(OC)cc2)NC(=O)C(C(C)O)NC1=O. The average Bonchev–Trinajstić information content (AvgIpc) is 1.71. The number of esters is 1. The molecule has 4 saturated heterocycles. The Kier molecular flexibility index (Phi) is 33.6. The number of hydrogen-bond donors (Lipinski definition) is 15. The van der Waals surface area contributed by atoms with E-state index in [9.17, 15) is 88.2 Å². The molecule has 16 atom stereocenters. The van der Waals surface area contributed by atoms with Crippen LogP contribution in [0.4, 0.5) is 0 Å². The zero-order valence-corrected chi connectivity index (χ0v) is 63.2. The molecule has 4 aliphatic rings. The predicted molar refractivity (Wildman–Crippen MR) is 389 cm³/mol. The van der Waals surface area contributed by atoms with Crippen molar-refractivity contribution < 1.29 is 107 Å². The van der Waals surface area contributed by atoms with Crippen LogP contribution in [0.25, 0.3) is 0 Å². The van der Waals surface area contributed by atoms with Crippen LogP contribution in [-0.2, 0) is 84.7 Å². The molecule has 35 nitrogen and oxygen atoms in total. The third-order valence-electron chi connectivity index (χ3n) is 20.2. The summed E-state index contributed by atoms with van der Waals surface area (Å²) in [4.78, 5) is 205. The van der Waals surface area contributed by atoms with Gasteiger partial charge in [-0.05, 0) is 125 Å². The van der Waals surface area contributed by atoms with Gasteiger partial charge in [-0.1, -0.05) is 64.5 Å². The molecule has 0 aliphatic carbocycles. The summed E-state index contributed by atoms with van der Waals surface area (Å²) in [5, 5.41) is 87.1. The summed E-state index contributed by atoms with van der Waals surface area (Å²) in [6.07, 6.45) is -9.84. The van der Waals surface area contributed by atoms with Crippen molar-refractivity contribution in [2.24, 2.45) is 17.6 Å². The number of aliphatic hydroxyl groups excluding tert-OH is 5. The van der Waals surface area contributed by atoms with Gasteiger partial charge in [0.2, 0.25) is 65.0 Å². The summed E-state index contributed by atoms with van der Waals surface area (Å²) < 4.78 is 11.4. The van der Waals surface area contributed by atoms with Crippen molar-refractivity contribution in [2.45, 2.75) is 236 Å². The Bertz CT molecular complexity index is 3580. The number of likely N-dealkylation sites (N-methyl/N-ethyl adjacent to an activating group) is 1. The van der Waals surface area contributed by atoms with E-state index in [1.807, 2.05) is 0 Å². The fraction of sp³-hybridized carbons (Fsp3) is 0.622. The third kappa shape index (κ3) is 24.8. The number of fused-ring (bicyclic) bond motifs is 3. The van der Waals surface area contributed by atoms with Gasteiger partial charge in [0.15, 0.2) is 6.10 Å². The zero-order valence-electron chi connectivity index (χ0n) is 63.2. The highest BCUT2D eigenvalue weighted by atomic mass is 16.5. The van der Waals surface area contributed by atoms with E-state index in [4.69, 9.17) is 15.2 Å². The average molecular weight is 1530 g/mol. The number of amides is 13. The predicted octanol–water partition coefficient (Wildman–Crippen LogP) is -3.04. The molecule has 4 heterocycles. The fourth-order valence-electron chi connectivity index (χ4n) is 13.6. The number of ether oxygens (including phenoxy) is 2. The summed E-state index contributed by atoms with van der Waals surface area (Å²) >= 11 is 0. The third-order valence-corrected chi connectivity index (χ3v) is 20.2. The van der Waals surface area contributed by atoms with Crippen LogP contribution in [0.2, 0.25) is 0 Å². The van der Waals surface area contributed by atoms with Crippen LogP contribution in [0.3, 0.4) is 0 Å². The van der Waals surface area contributed by atoms with Crippen LogP contribution in [0.5, 0.6) is 11.5 Å². The molecule has 602 valence electrons. The van der Waals surface area contributed by atoms with E-state index < -0.39 is 224 Å². The van der Waals surface area contributed by atoms with E-state index in [1.165, 1.54) is 62.1 Å². The molecule has 4 aliphatic heterocycles. The highest BCUT2D eigenvalue weighted by Crippen LogP contribution is 2.28. The quantitative estimate of drug-likeness (QED) is 0.0388. The van der Waals surface area contributed by atoms with E-state index in [0.717, 1.165) is 22.8 Å². The first kappa shape index (κ1) is 88.1. The number of nitrogens with zero attached hydrogens (tertiary/aromatic N) is 4. The molecule has 4 fully saturated rings. The van der Waals surface area contributed by atoms with Gasteiger partial charge in [0.05, 0.1) is 44.6 Å². The monoisotopic (exact) mass is 1530 g/mol. The van der Waals surface area contributed by atoms with Gasteiger partial charge in [-0.15, -0.1) is 0 Å². The van der Waals surface area contributed by atoms with Crippen LogP contribution < -0.4 is 53.0 Å². The molecule has 35 heteroatoms. The van der Waals surface area contributed by atoms with Gasteiger partial charge in [-0.2, -0.15) is 0 Å². The second-order valence-corrected chi connectivity index (χ2v) is 28.7. The number of aromatic hydroxyl groups is 1. The number of hydrogen-bond acceptors (Lipinski definition) is 22. The molecule has 0 aromatic heterocycles. The normalized spacial score (nSPS) is 25.8. The number of allylic oxidation sites excluding steroid dienone is 1. The molecule has 0 saturated carbocycles. The van der Waals surface area contributed by atoms with Gasteiger partial charge in [0.1, 0.15) is 77.7 Å². The Morgan fingerprint density at radius 3 is 1.79 bits per heavy atom. The first-order chi connectivity index (χ1) is 51.6. The largest absolute Gasteiger partial charge is 0.508 e. The summed E-state index contributed by atoms with van der Waals surface area (Å²) in [7, 11) is 2.76. The van der Waals surface area contributed by atoms with Crippen molar-refractivity contribution in [3.63, 3.8) is 0 Å². The van der Waals surface area contributed by atoms with Crippen molar-refractivity contribution in [3.8, 4) is 11.5 Å². The van der Waals surface area contributed by atoms with Gasteiger partial charge >= 0.3 is 5.97 Å². The molecule has 13 amide bonds. The lowest BCUT2D eigenvalue weighted by Crippen LogP contribution is -2.61. The van der Waals surface area contributed by atoms with Gasteiger partial charge in [0, 0.05) is 59.3 Å². The Hall–Kier alpha value is -9.84. The van der Waals surface area contributed by atoms with E-state index in [2.05, 4.69) is 42.5 Å². The number of aliphatic hydroxyl groups is 5. The molecular weight excluding hydrogens is 1420 g/mol. The van der Waals surface area contributed by atoms with E-state index in [-0.39, 0.29) is 82.7 Å². The Morgan fingerprint density at radius 1 is 0.661 bits per heavy atom. The fourth-order valence-corrected chi connectivity index (χ4v) is 13.6. The number of aryl methyl sites for hydroxylation is 1. The topological polar surface area (TPSA) is 514 Å². The molecule has 16 unspecified atom stereocenters. The molecule has 6 rings (SSSR count). The van der Waals surface area contributed by atoms with Gasteiger partial charge in [-0.25, -0.2) is 4.79 Å². The molecule has 2 aromatic carbocycles. The highest BCUT2D eigenvalue weighted by molar-refractivity contribution is 6.03. The molecule has 0 radical (unpaired) electrons. The second-order valence-electron chi connectivity index (χ2n) is 28.7. The Morgan fingerprint density at radius 2 is 1.22 bits per heavy atom. The van der Waals surface area contributed by atoms with Gasteiger partial charge in [0.25, 0.3) is 11.8 Å². The number of methoxy groups -OCH3 is 1. The summed E-state index contributed by atoms with van der Waals surface area (Å²) in [6.45, 7) is 8.56. The van der Waals surface area contributed by atoms with Gasteiger partial charge in [-0.3, -0.25) is 62.3 Å².